The van der Waals surface area contributed by atoms with Gasteiger partial charge in [0.1, 0.15) is 23.1 Å². The third-order valence-corrected chi connectivity index (χ3v) is 4.85. The predicted molar refractivity (Wildman–Crippen MR) is 92.0 cm³/mol. The lowest BCUT2D eigenvalue weighted by Crippen LogP contribution is -2.37. The molecule has 5 heteroatoms. The summed E-state index contributed by atoms with van der Waals surface area (Å²) in [5.41, 5.74) is 0. The summed E-state index contributed by atoms with van der Waals surface area (Å²) in [6, 6.07) is 7.10. The minimum Gasteiger partial charge on any atom is -0.460 e. The van der Waals surface area contributed by atoms with Gasteiger partial charge in [0.25, 0.3) is 0 Å². The fraction of sp³-hybridized carbons (Fsp3) is 0.474. The maximum Gasteiger partial charge on any atom is 0.129 e. The number of rotatable bonds is 4. The van der Waals surface area contributed by atoms with E-state index in [4.69, 9.17) is 4.74 Å². The molecule has 0 bridgehead atoms. The highest BCUT2D eigenvalue weighted by Gasteiger charge is 2.30. The van der Waals surface area contributed by atoms with Gasteiger partial charge in [-0.1, -0.05) is 6.07 Å². The Morgan fingerprint density at radius 3 is 2.75 bits per heavy atom. The van der Waals surface area contributed by atoms with Crippen molar-refractivity contribution < 1.29 is 9.13 Å². The summed E-state index contributed by atoms with van der Waals surface area (Å²) in [6.45, 7) is 5.17. The highest BCUT2D eigenvalue weighted by Crippen LogP contribution is 2.28. The summed E-state index contributed by atoms with van der Waals surface area (Å²) in [6.07, 6.45) is 8.03. The number of hydrogen-bond acceptors (Lipinski definition) is 4. The molecule has 1 aliphatic carbocycles. The van der Waals surface area contributed by atoms with Crippen molar-refractivity contribution >= 4 is 0 Å². The number of allylic oxidation sites excluding steroid dienone is 2. The third kappa shape index (κ3) is 3.73. The summed E-state index contributed by atoms with van der Waals surface area (Å²) in [7, 11) is 0. The van der Waals surface area contributed by atoms with Crippen LogP contribution in [-0.4, -0.2) is 48.6 Å². The smallest absolute Gasteiger partial charge is 0.129 e. The molecule has 4 rings (SSSR count). The van der Waals surface area contributed by atoms with Crippen LogP contribution in [0.25, 0.3) is 0 Å². The zero-order valence-corrected chi connectivity index (χ0v) is 13.9. The molecule has 128 valence electrons. The number of nitrogens with one attached hydrogen (secondary N) is 1. The number of benzene rings is 1. The maximum absolute atomic E-state index is 13.2. The fourth-order valence-electron chi connectivity index (χ4n) is 3.42. The van der Waals surface area contributed by atoms with Gasteiger partial charge in [0.05, 0.1) is 6.54 Å². The first kappa shape index (κ1) is 15.5. The van der Waals surface area contributed by atoms with Gasteiger partial charge in [0, 0.05) is 38.3 Å². The second-order valence-electron chi connectivity index (χ2n) is 6.71. The second kappa shape index (κ2) is 6.85. The van der Waals surface area contributed by atoms with E-state index in [0.717, 1.165) is 31.4 Å². The summed E-state index contributed by atoms with van der Waals surface area (Å²) in [5, 5.41) is 3.44. The summed E-state index contributed by atoms with van der Waals surface area (Å²) >= 11 is 0. The van der Waals surface area contributed by atoms with Crippen molar-refractivity contribution in [2.45, 2.75) is 25.3 Å². The van der Waals surface area contributed by atoms with Gasteiger partial charge in [-0.2, -0.15) is 0 Å². The molecule has 0 amide bonds. The molecule has 0 spiro atoms. The van der Waals surface area contributed by atoms with E-state index < -0.39 is 0 Å². The Bertz CT molecular complexity index is 654. The molecule has 0 radical (unpaired) electrons. The van der Waals surface area contributed by atoms with Crippen molar-refractivity contribution in [2.24, 2.45) is 0 Å². The normalized spacial score (nSPS) is 22.3. The van der Waals surface area contributed by atoms with Crippen LogP contribution in [0.3, 0.4) is 0 Å². The number of hydrogen-bond donors (Lipinski definition) is 1. The van der Waals surface area contributed by atoms with Crippen LogP contribution in [0.5, 0.6) is 5.75 Å². The van der Waals surface area contributed by atoms with Crippen LogP contribution in [-0.2, 0) is 0 Å². The van der Waals surface area contributed by atoms with Gasteiger partial charge < -0.3 is 15.0 Å². The molecule has 0 atom stereocenters. The molecular formula is C19H24FN3O. The van der Waals surface area contributed by atoms with E-state index in [9.17, 15) is 4.39 Å². The third-order valence-electron chi connectivity index (χ3n) is 4.85. The van der Waals surface area contributed by atoms with E-state index >= 15 is 0 Å². The van der Waals surface area contributed by atoms with E-state index in [1.165, 1.54) is 43.8 Å². The topological polar surface area (TPSA) is 27.7 Å². The molecule has 0 aromatic heterocycles. The lowest BCUT2D eigenvalue weighted by atomic mass is 10.3. The van der Waals surface area contributed by atoms with Gasteiger partial charge in [-0.05, 0) is 43.5 Å². The Labute approximate surface area is 142 Å². The highest BCUT2D eigenvalue weighted by molar-refractivity contribution is 5.28. The van der Waals surface area contributed by atoms with Gasteiger partial charge in [-0.3, -0.25) is 4.90 Å². The Balaban J connectivity index is 1.37. The molecule has 2 heterocycles. The lowest BCUT2D eigenvalue weighted by Gasteiger charge is -2.29. The zero-order chi connectivity index (χ0) is 16.4. The number of nitrogens with zero attached hydrogens (tertiary/aromatic N) is 2. The minimum atomic E-state index is -0.280. The molecule has 1 saturated carbocycles. The molecular weight excluding hydrogens is 305 g/mol. The average Bonchev–Trinajstić information content (AvgIpc) is 3.42. The largest absolute Gasteiger partial charge is 0.460 e. The lowest BCUT2D eigenvalue weighted by molar-refractivity contribution is 0.264. The summed E-state index contributed by atoms with van der Waals surface area (Å²) in [4.78, 5) is 5.07. The van der Waals surface area contributed by atoms with Crippen molar-refractivity contribution in [1.29, 1.82) is 0 Å². The Kier molecular flexibility index (Phi) is 4.43. The molecule has 4 nitrogen and oxygen atoms in total. The second-order valence-corrected chi connectivity index (χ2v) is 6.71. The molecule has 24 heavy (non-hydrogen) atoms. The van der Waals surface area contributed by atoms with Gasteiger partial charge in [0.2, 0.25) is 0 Å². The van der Waals surface area contributed by atoms with Crippen molar-refractivity contribution in [1.82, 2.24) is 15.1 Å². The molecule has 1 N–H and O–H groups in total. The fourth-order valence-corrected chi connectivity index (χ4v) is 3.42. The van der Waals surface area contributed by atoms with Crippen molar-refractivity contribution in [2.75, 3.05) is 32.7 Å². The van der Waals surface area contributed by atoms with Crippen LogP contribution < -0.4 is 10.1 Å². The first-order chi connectivity index (χ1) is 11.8. The minimum absolute atomic E-state index is 0.280. The molecule has 1 aromatic carbocycles. The van der Waals surface area contributed by atoms with Gasteiger partial charge in [-0.15, -0.1) is 0 Å². The van der Waals surface area contributed by atoms with E-state index in [1.807, 2.05) is 6.08 Å². The highest BCUT2D eigenvalue weighted by atomic mass is 19.1. The monoisotopic (exact) mass is 329 g/mol. The van der Waals surface area contributed by atoms with Gasteiger partial charge >= 0.3 is 0 Å². The molecule has 2 fully saturated rings. The van der Waals surface area contributed by atoms with Crippen molar-refractivity contribution in [3.05, 3.63) is 53.8 Å². The zero-order valence-electron chi connectivity index (χ0n) is 13.9. The van der Waals surface area contributed by atoms with E-state index in [-0.39, 0.29) is 5.82 Å². The van der Waals surface area contributed by atoms with Crippen LogP contribution in [0.4, 0.5) is 4.39 Å². The van der Waals surface area contributed by atoms with Crippen molar-refractivity contribution in [3.63, 3.8) is 0 Å². The molecule has 1 saturated heterocycles. The van der Waals surface area contributed by atoms with Gasteiger partial charge in [-0.25, -0.2) is 4.39 Å². The Morgan fingerprint density at radius 2 is 2.00 bits per heavy atom. The van der Waals surface area contributed by atoms with E-state index in [0.29, 0.717) is 12.3 Å². The first-order valence-corrected chi connectivity index (χ1v) is 8.85. The van der Waals surface area contributed by atoms with Crippen molar-refractivity contribution in [3.8, 4) is 5.75 Å². The average molecular weight is 329 g/mol. The van der Waals surface area contributed by atoms with Crippen LogP contribution >= 0.6 is 0 Å². The van der Waals surface area contributed by atoms with E-state index in [1.54, 1.807) is 12.1 Å². The van der Waals surface area contributed by atoms with E-state index in [2.05, 4.69) is 21.2 Å². The van der Waals surface area contributed by atoms with Crippen LogP contribution in [0.15, 0.2) is 48.0 Å². The summed E-state index contributed by atoms with van der Waals surface area (Å²) < 4.78 is 19.0. The number of ether oxygens (including phenoxy) is 1. The molecule has 3 aliphatic rings. The predicted octanol–water partition coefficient (Wildman–Crippen LogP) is 2.70. The SMILES string of the molecule is Fc1cccc(OC2=CC=C(N3CCCN(C4CC4)CC3)NC2)c1. The number of halogens is 1. The molecule has 1 aromatic rings. The van der Waals surface area contributed by atoms with Crippen LogP contribution in [0.2, 0.25) is 0 Å². The first-order valence-electron chi connectivity index (χ1n) is 8.85. The Morgan fingerprint density at radius 1 is 1.08 bits per heavy atom. The van der Waals surface area contributed by atoms with Gasteiger partial charge in [0.15, 0.2) is 0 Å². The maximum atomic E-state index is 13.2. The quantitative estimate of drug-likeness (QED) is 0.919. The number of dihydropyridines is 1. The standard InChI is InChI=1S/C19H24FN3O/c20-15-3-1-4-17(13-15)24-18-7-8-19(21-14-18)23-10-2-9-22(11-12-23)16-5-6-16/h1,3-4,7-8,13,16,21H,2,5-6,9-12,14H2. The van der Waals surface area contributed by atoms with Crippen LogP contribution in [0, 0.1) is 5.82 Å². The molecule has 2 aliphatic heterocycles. The summed E-state index contributed by atoms with van der Waals surface area (Å²) in [5.74, 6) is 2.23. The molecule has 0 unspecified atom stereocenters. The van der Waals surface area contributed by atoms with Crippen LogP contribution in [0.1, 0.15) is 19.3 Å². The Hall–Kier alpha value is -2.01.